The quantitative estimate of drug-likeness (QED) is 0.714. The van der Waals surface area contributed by atoms with Crippen LogP contribution in [0.5, 0.6) is 0 Å². The minimum absolute atomic E-state index is 0.0884. The highest BCUT2D eigenvalue weighted by molar-refractivity contribution is 6.05. The molecule has 2 heterocycles. The molecule has 0 radical (unpaired) electrons. The summed E-state index contributed by atoms with van der Waals surface area (Å²) in [6, 6.07) is 6.99. The lowest BCUT2D eigenvalue weighted by Gasteiger charge is -2.34. The third kappa shape index (κ3) is 4.27. The number of imide groups is 1. The van der Waals surface area contributed by atoms with Crippen molar-refractivity contribution in [1.82, 2.24) is 15.5 Å². The molecule has 4 aliphatic rings. The Kier molecular flexibility index (Phi) is 5.83. The summed E-state index contributed by atoms with van der Waals surface area (Å²) in [6.07, 6.45) is 12.3. The molecule has 1 saturated heterocycles. The molecule has 6 nitrogen and oxygen atoms in total. The average Bonchev–Trinajstić information content (AvgIpc) is 3.37. The summed E-state index contributed by atoms with van der Waals surface area (Å²) in [5, 5.41) is 6.35. The molecule has 5 rings (SSSR count). The molecule has 2 N–H and O–H groups in total. The van der Waals surface area contributed by atoms with Gasteiger partial charge >= 0.3 is 0 Å². The van der Waals surface area contributed by atoms with Crippen molar-refractivity contribution in [2.24, 2.45) is 5.92 Å². The predicted octanol–water partition coefficient (Wildman–Crippen LogP) is 3.08. The second kappa shape index (κ2) is 8.73. The maximum absolute atomic E-state index is 12.9. The van der Waals surface area contributed by atoms with E-state index < -0.39 is 6.04 Å². The number of fused-ring (bicyclic) bond motifs is 1. The van der Waals surface area contributed by atoms with Gasteiger partial charge in [0.1, 0.15) is 6.04 Å². The number of hydrogen-bond donors (Lipinski definition) is 2. The van der Waals surface area contributed by atoms with E-state index in [1.807, 2.05) is 6.07 Å². The van der Waals surface area contributed by atoms with E-state index >= 15 is 0 Å². The zero-order chi connectivity index (χ0) is 21.4. The van der Waals surface area contributed by atoms with Crippen LogP contribution in [0.2, 0.25) is 0 Å². The van der Waals surface area contributed by atoms with E-state index in [0.717, 1.165) is 12.0 Å². The SMILES string of the molecule is O=C1CCC(N2Cc3cc(C[C@H]4CCCC[C@@H]4NC4CCCC4)ccc3C2=O)C(=O)N1. The average molecular weight is 424 g/mol. The van der Waals surface area contributed by atoms with E-state index in [2.05, 4.69) is 22.8 Å². The Balaban J connectivity index is 1.27. The molecule has 1 unspecified atom stereocenters. The molecule has 3 amide bonds. The first-order valence-electron chi connectivity index (χ1n) is 12.1. The molecule has 0 bridgehead atoms. The van der Waals surface area contributed by atoms with Gasteiger partial charge < -0.3 is 10.2 Å². The second-order valence-electron chi connectivity index (χ2n) is 9.89. The molecule has 3 atom stereocenters. The number of carbonyl (C=O) groups excluding carboxylic acids is 3. The van der Waals surface area contributed by atoms with Gasteiger partial charge in [-0.15, -0.1) is 0 Å². The number of nitrogens with zero attached hydrogens (tertiary/aromatic N) is 1. The number of piperidine rings is 1. The van der Waals surface area contributed by atoms with Crippen LogP contribution in [0.1, 0.15) is 85.7 Å². The standard InChI is InChI=1S/C25H33N3O3/c29-23-12-11-22(24(30)27-23)28-15-18-14-16(9-10-20(18)25(28)31)13-17-5-1-4-8-21(17)26-19-6-2-3-7-19/h9-10,14,17,19,21-22,26H,1-8,11-13,15H2,(H,27,29,30)/t17-,21+,22?/m1/s1. The highest BCUT2D eigenvalue weighted by Gasteiger charge is 2.39. The van der Waals surface area contributed by atoms with Gasteiger partial charge in [0.15, 0.2) is 0 Å². The van der Waals surface area contributed by atoms with E-state index in [4.69, 9.17) is 0 Å². The van der Waals surface area contributed by atoms with Gasteiger partial charge in [-0.05, 0) is 61.6 Å². The van der Waals surface area contributed by atoms with Crippen molar-refractivity contribution >= 4 is 17.7 Å². The van der Waals surface area contributed by atoms with Gasteiger partial charge in [0.25, 0.3) is 5.91 Å². The summed E-state index contributed by atoms with van der Waals surface area (Å²) < 4.78 is 0. The van der Waals surface area contributed by atoms with Crippen molar-refractivity contribution in [3.05, 3.63) is 34.9 Å². The highest BCUT2D eigenvalue weighted by Crippen LogP contribution is 2.32. The first kappa shape index (κ1) is 20.7. The van der Waals surface area contributed by atoms with Gasteiger partial charge in [0, 0.05) is 30.6 Å². The van der Waals surface area contributed by atoms with Crippen LogP contribution in [0.15, 0.2) is 18.2 Å². The van der Waals surface area contributed by atoms with Crippen molar-refractivity contribution in [2.75, 3.05) is 0 Å². The number of benzene rings is 1. The number of rotatable bonds is 5. The zero-order valence-electron chi connectivity index (χ0n) is 18.2. The van der Waals surface area contributed by atoms with Gasteiger partial charge in [-0.1, -0.05) is 37.8 Å². The molecule has 0 aromatic heterocycles. The molecule has 166 valence electrons. The van der Waals surface area contributed by atoms with Gasteiger partial charge in [-0.25, -0.2) is 0 Å². The van der Waals surface area contributed by atoms with E-state index in [-0.39, 0.29) is 17.7 Å². The van der Waals surface area contributed by atoms with Gasteiger partial charge in [-0.2, -0.15) is 0 Å². The van der Waals surface area contributed by atoms with Gasteiger partial charge in [-0.3, -0.25) is 19.7 Å². The van der Waals surface area contributed by atoms with Crippen LogP contribution in [-0.2, 0) is 22.6 Å². The van der Waals surface area contributed by atoms with Crippen LogP contribution in [0, 0.1) is 5.92 Å². The summed E-state index contributed by atoms with van der Waals surface area (Å²) in [6.45, 7) is 0.461. The summed E-state index contributed by atoms with van der Waals surface area (Å²) in [4.78, 5) is 38.3. The lowest BCUT2D eigenvalue weighted by molar-refractivity contribution is -0.136. The maximum Gasteiger partial charge on any atom is 0.255 e. The Bertz CT molecular complexity index is 877. The minimum Gasteiger partial charge on any atom is -0.322 e. The fourth-order valence-corrected chi connectivity index (χ4v) is 6.12. The molecule has 2 aliphatic carbocycles. The van der Waals surface area contributed by atoms with Crippen LogP contribution in [0.3, 0.4) is 0 Å². The molecule has 1 aromatic carbocycles. The molecular weight excluding hydrogens is 390 g/mol. The van der Waals surface area contributed by atoms with E-state index in [1.54, 1.807) is 4.90 Å². The lowest BCUT2D eigenvalue weighted by Crippen LogP contribution is -2.52. The largest absolute Gasteiger partial charge is 0.322 e. The van der Waals surface area contributed by atoms with Crippen LogP contribution < -0.4 is 10.6 Å². The fourth-order valence-electron chi connectivity index (χ4n) is 6.12. The van der Waals surface area contributed by atoms with Crippen LogP contribution >= 0.6 is 0 Å². The normalized spacial score (nSPS) is 29.4. The number of hydrogen-bond acceptors (Lipinski definition) is 4. The Morgan fingerprint density at radius 3 is 2.55 bits per heavy atom. The Morgan fingerprint density at radius 1 is 0.968 bits per heavy atom. The molecule has 1 aromatic rings. The van der Waals surface area contributed by atoms with E-state index in [9.17, 15) is 14.4 Å². The second-order valence-corrected chi connectivity index (χ2v) is 9.89. The third-order valence-electron chi connectivity index (χ3n) is 7.80. The Morgan fingerprint density at radius 2 is 1.74 bits per heavy atom. The fraction of sp³-hybridized carbons (Fsp3) is 0.640. The van der Waals surface area contributed by atoms with Gasteiger partial charge in [0.2, 0.25) is 11.8 Å². The molecule has 2 saturated carbocycles. The van der Waals surface area contributed by atoms with Crippen molar-refractivity contribution in [3.8, 4) is 0 Å². The molecule has 2 aliphatic heterocycles. The molecular formula is C25H33N3O3. The molecule has 0 spiro atoms. The van der Waals surface area contributed by atoms with Crippen molar-refractivity contribution < 1.29 is 14.4 Å². The third-order valence-corrected chi connectivity index (χ3v) is 7.80. The minimum atomic E-state index is -0.542. The summed E-state index contributed by atoms with van der Waals surface area (Å²) in [5.41, 5.74) is 3.02. The topological polar surface area (TPSA) is 78.5 Å². The predicted molar refractivity (Wildman–Crippen MR) is 117 cm³/mol. The Labute approximate surface area is 184 Å². The summed E-state index contributed by atoms with van der Waals surface area (Å²) in [5.74, 6) is -0.0353. The first-order valence-corrected chi connectivity index (χ1v) is 12.1. The van der Waals surface area contributed by atoms with Crippen LogP contribution in [0.25, 0.3) is 0 Å². The van der Waals surface area contributed by atoms with Crippen molar-refractivity contribution in [1.29, 1.82) is 0 Å². The molecule has 3 fully saturated rings. The van der Waals surface area contributed by atoms with Crippen LogP contribution in [-0.4, -0.2) is 40.7 Å². The summed E-state index contributed by atoms with van der Waals surface area (Å²) in [7, 11) is 0. The number of nitrogens with one attached hydrogen (secondary N) is 2. The van der Waals surface area contributed by atoms with Gasteiger partial charge in [0.05, 0.1) is 0 Å². The van der Waals surface area contributed by atoms with Crippen LogP contribution in [0.4, 0.5) is 0 Å². The van der Waals surface area contributed by atoms with Crippen molar-refractivity contribution in [2.45, 2.75) is 95.3 Å². The monoisotopic (exact) mass is 423 g/mol. The summed E-state index contributed by atoms with van der Waals surface area (Å²) >= 11 is 0. The molecule has 6 heteroatoms. The highest BCUT2D eigenvalue weighted by atomic mass is 16.2. The van der Waals surface area contributed by atoms with E-state index in [1.165, 1.54) is 56.9 Å². The lowest BCUT2D eigenvalue weighted by atomic mass is 9.80. The molecule has 31 heavy (non-hydrogen) atoms. The smallest absolute Gasteiger partial charge is 0.255 e. The maximum atomic E-state index is 12.9. The zero-order valence-corrected chi connectivity index (χ0v) is 18.2. The van der Waals surface area contributed by atoms with E-state index in [0.29, 0.717) is 43.0 Å². The first-order chi connectivity index (χ1) is 15.1. The van der Waals surface area contributed by atoms with Crippen molar-refractivity contribution in [3.63, 3.8) is 0 Å². The number of carbonyl (C=O) groups is 3. The Hall–Kier alpha value is -2.21. The number of amides is 3.